The number of nitrogens with one attached hydrogen (secondary N) is 3. The smallest absolute Gasteiger partial charge is 0.328 e. The summed E-state index contributed by atoms with van der Waals surface area (Å²) in [5, 5.41) is 8.10. The van der Waals surface area contributed by atoms with Crippen molar-refractivity contribution < 1.29 is 42.6 Å². The second-order valence-corrected chi connectivity index (χ2v) is 13.5. The molecule has 0 radical (unpaired) electrons. The van der Waals surface area contributed by atoms with E-state index in [0.29, 0.717) is 32.4 Å². The molecule has 280 valence electrons. The van der Waals surface area contributed by atoms with Gasteiger partial charge in [0.05, 0.1) is 50.3 Å². The highest BCUT2D eigenvalue weighted by atomic mass is 19.1. The van der Waals surface area contributed by atoms with Crippen molar-refractivity contribution in [1.82, 2.24) is 25.8 Å². The molecule has 0 saturated carbocycles. The van der Waals surface area contributed by atoms with Crippen LogP contribution in [0.5, 0.6) is 0 Å². The molecule has 1 unspecified atom stereocenters. The van der Waals surface area contributed by atoms with Crippen molar-refractivity contribution in [3.8, 4) is 0 Å². The highest BCUT2D eigenvalue weighted by Gasteiger charge is 2.44. The first-order valence-electron chi connectivity index (χ1n) is 17.5. The summed E-state index contributed by atoms with van der Waals surface area (Å²) in [6, 6.07) is 7.48. The molecule has 3 rings (SSSR count). The minimum absolute atomic E-state index is 0.0379. The van der Waals surface area contributed by atoms with Gasteiger partial charge in [0.1, 0.15) is 6.04 Å². The van der Waals surface area contributed by atoms with Gasteiger partial charge in [0.25, 0.3) is 5.91 Å². The lowest BCUT2D eigenvalue weighted by Gasteiger charge is -2.39. The number of amides is 4. The fraction of sp³-hybridized carbons (Fsp3) is 0.694. The molecular formula is C36H56FN5O8. The molecular weight excluding hydrogens is 649 g/mol. The van der Waals surface area contributed by atoms with Crippen molar-refractivity contribution in [3.05, 3.63) is 35.9 Å². The molecule has 2 aliphatic heterocycles. The summed E-state index contributed by atoms with van der Waals surface area (Å²) in [6.07, 6.45) is 0.916. The number of esters is 1. The number of likely N-dealkylation sites (N-methyl/N-ethyl adjacent to an activating group) is 1. The van der Waals surface area contributed by atoms with E-state index in [0.717, 1.165) is 5.56 Å². The fourth-order valence-corrected chi connectivity index (χ4v) is 7.11. The van der Waals surface area contributed by atoms with E-state index >= 15 is 0 Å². The van der Waals surface area contributed by atoms with Gasteiger partial charge in [0.15, 0.2) is 0 Å². The average molecular weight is 706 g/mol. The lowest BCUT2D eigenvalue weighted by atomic mass is 9.90. The number of carbonyl (C=O) groups excluding carboxylic acids is 5. The summed E-state index contributed by atoms with van der Waals surface area (Å²) in [7, 11) is 5.87. The Morgan fingerprint density at radius 1 is 1.10 bits per heavy atom. The Bertz CT molecular complexity index is 1300. The minimum atomic E-state index is -2.05. The number of hydrogen-bond donors (Lipinski definition) is 3. The van der Waals surface area contributed by atoms with Crippen LogP contribution in [0, 0.1) is 11.8 Å². The maximum absolute atomic E-state index is 14.9. The topological polar surface area (TPSA) is 156 Å². The van der Waals surface area contributed by atoms with Gasteiger partial charge in [0, 0.05) is 47.2 Å². The van der Waals surface area contributed by atoms with E-state index < -0.39 is 65.6 Å². The second kappa shape index (κ2) is 19.1. The van der Waals surface area contributed by atoms with Gasteiger partial charge >= 0.3 is 5.97 Å². The van der Waals surface area contributed by atoms with Gasteiger partial charge in [-0.25, -0.2) is 9.18 Å². The number of benzene rings is 1. The lowest BCUT2D eigenvalue weighted by molar-refractivity contribution is -0.148. The number of hydrogen-bond acceptors (Lipinski definition) is 9. The largest absolute Gasteiger partial charge is 0.467 e. The quantitative estimate of drug-likeness (QED) is 0.193. The summed E-state index contributed by atoms with van der Waals surface area (Å²) in [4.78, 5) is 69.1. The normalized spacial score (nSPS) is 22.5. The van der Waals surface area contributed by atoms with Crippen molar-refractivity contribution in [2.75, 3.05) is 54.6 Å². The third-order valence-electron chi connectivity index (χ3n) is 10.3. The first-order chi connectivity index (χ1) is 23.8. The van der Waals surface area contributed by atoms with Crippen molar-refractivity contribution in [3.63, 3.8) is 0 Å². The minimum Gasteiger partial charge on any atom is -0.467 e. The molecule has 8 atom stereocenters. The molecule has 4 amide bonds. The van der Waals surface area contributed by atoms with Crippen LogP contribution < -0.4 is 16.0 Å². The molecule has 2 fully saturated rings. The van der Waals surface area contributed by atoms with Crippen LogP contribution in [0.1, 0.15) is 58.4 Å². The summed E-state index contributed by atoms with van der Waals surface area (Å²) in [5.41, 5.74) is -1.19. The van der Waals surface area contributed by atoms with E-state index in [1.54, 1.807) is 18.9 Å². The molecule has 13 nitrogen and oxygen atoms in total. The summed E-state index contributed by atoms with van der Waals surface area (Å²) < 4.78 is 31.5. The van der Waals surface area contributed by atoms with Gasteiger partial charge in [-0.1, -0.05) is 57.5 Å². The van der Waals surface area contributed by atoms with Crippen molar-refractivity contribution in [1.29, 1.82) is 0 Å². The first-order valence-corrected chi connectivity index (χ1v) is 17.5. The average Bonchev–Trinajstić information content (AvgIpc) is 3.80. The van der Waals surface area contributed by atoms with Gasteiger partial charge < -0.3 is 40.0 Å². The first kappa shape index (κ1) is 40.8. The maximum atomic E-state index is 14.9. The summed E-state index contributed by atoms with van der Waals surface area (Å²) in [6.45, 7) is 6.01. The molecule has 0 aromatic heterocycles. The zero-order valence-corrected chi connectivity index (χ0v) is 30.5. The molecule has 2 saturated heterocycles. The number of rotatable bonds is 18. The molecule has 0 spiro atoms. The summed E-state index contributed by atoms with van der Waals surface area (Å²) in [5.74, 6) is -3.21. The molecule has 3 N–H and O–H groups in total. The number of nitrogens with zero attached hydrogens (tertiary/aromatic N) is 2. The number of methoxy groups -OCH3 is 3. The van der Waals surface area contributed by atoms with Crippen LogP contribution in [0.15, 0.2) is 30.3 Å². The molecule has 14 heteroatoms. The molecule has 50 heavy (non-hydrogen) atoms. The van der Waals surface area contributed by atoms with Gasteiger partial charge in [-0.05, 0) is 30.9 Å². The van der Waals surface area contributed by atoms with Crippen LogP contribution in [-0.2, 0) is 44.6 Å². The van der Waals surface area contributed by atoms with Gasteiger partial charge in [0.2, 0.25) is 23.4 Å². The van der Waals surface area contributed by atoms with Crippen LogP contribution in [0.25, 0.3) is 0 Å². The molecule has 1 aromatic rings. The van der Waals surface area contributed by atoms with Crippen LogP contribution in [0.3, 0.4) is 0 Å². The number of carbonyl (C=O) groups is 5. The van der Waals surface area contributed by atoms with Crippen molar-refractivity contribution in [2.45, 2.75) is 95.3 Å². The van der Waals surface area contributed by atoms with E-state index in [1.165, 1.54) is 26.2 Å². The molecule has 1 aromatic carbocycles. The molecule has 0 aliphatic carbocycles. The predicted octanol–water partition coefficient (Wildman–Crippen LogP) is 1.63. The van der Waals surface area contributed by atoms with Gasteiger partial charge in [-0.3, -0.25) is 19.2 Å². The summed E-state index contributed by atoms with van der Waals surface area (Å²) >= 11 is 0. The van der Waals surface area contributed by atoms with Crippen molar-refractivity contribution >= 4 is 29.6 Å². The zero-order valence-electron chi connectivity index (χ0n) is 30.5. The Kier molecular flexibility index (Phi) is 15.6. The Morgan fingerprint density at radius 3 is 2.38 bits per heavy atom. The predicted molar refractivity (Wildman–Crippen MR) is 185 cm³/mol. The Hall–Kier alpha value is -3.62. The Balaban J connectivity index is 1.70. The van der Waals surface area contributed by atoms with Gasteiger partial charge in [-0.15, -0.1) is 0 Å². The molecule has 0 bridgehead atoms. The number of halogens is 1. The SMILES string of the molecule is CC[C@H](C)[C@@H]([C@@H](CC(=O)N1CCC[C@H]1[C@H](OC)[C@@H](C)C(=O)N[C@@H](Cc1ccccc1)C(=O)OC)OC)N(C)C(=O)CNC(=O)C1(F)CCNC1. The van der Waals surface area contributed by atoms with Crippen LogP contribution in [0.4, 0.5) is 4.39 Å². The monoisotopic (exact) mass is 705 g/mol. The van der Waals surface area contributed by atoms with Crippen LogP contribution >= 0.6 is 0 Å². The van der Waals surface area contributed by atoms with E-state index in [1.807, 2.05) is 44.2 Å². The molecule has 2 heterocycles. The van der Waals surface area contributed by atoms with Crippen LogP contribution in [0.2, 0.25) is 0 Å². The lowest BCUT2D eigenvalue weighted by Crippen LogP contribution is -2.55. The molecule has 2 aliphatic rings. The van der Waals surface area contributed by atoms with E-state index in [9.17, 15) is 28.4 Å². The zero-order chi connectivity index (χ0) is 37.0. The van der Waals surface area contributed by atoms with Crippen LogP contribution in [-0.4, -0.2) is 130 Å². The highest BCUT2D eigenvalue weighted by Crippen LogP contribution is 2.29. The highest BCUT2D eigenvalue weighted by molar-refractivity contribution is 5.90. The Morgan fingerprint density at radius 2 is 1.80 bits per heavy atom. The number of likely N-dealkylation sites (tertiary alicyclic amines) is 1. The van der Waals surface area contributed by atoms with E-state index in [2.05, 4.69) is 16.0 Å². The van der Waals surface area contributed by atoms with E-state index in [4.69, 9.17) is 14.2 Å². The second-order valence-electron chi connectivity index (χ2n) is 13.5. The third-order valence-corrected chi connectivity index (χ3v) is 10.3. The number of ether oxygens (including phenoxy) is 3. The third kappa shape index (κ3) is 10.2. The van der Waals surface area contributed by atoms with Gasteiger partial charge in [-0.2, -0.15) is 0 Å². The van der Waals surface area contributed by atoms with E-state index in [-0.39, 0.29) is 44.2 Å². The Labute approximate surface area is 295 Å². The standard InChI is InChI=1S/C36H56FN5O8/c1-8-23(2)31(41(4)30(44)21-39-35(47)36(37)16-17-38-22-36)28(48-5)20-29(43)42-18-12-15-27(42)32(49-6)24(3)33(45)40-26(34(46)50-7)19-25-13-10-9-11-14-25/h9-11,13-14,23-24,26-28,31-32,38H,8,12,15-22H2,1-7H3,(H,39,47)(H,40,45)/t23-,24+,26-,27-,28+,31-,32+,36?/m0/s1. The number of alkyl halides is 1. The maximum Gasteiger partial charge on any atom is 0.328 e. The fourth-order valence-electron chi connectivity index (χ4n) is 7.11. The van der Waals surface area contributed by atoms with Crippen molar-refractivity contribution in [2.24, 2.45) is 11.8 Å².